The van der Waals surface area contributed by atoms with Crippen molar-refractivity contribution in [2.75, 3.05) is 20.1 Å². The molecule has 2 N–H and O–H groups in total. The van der Waals surface area contributed by atoms with Crippen LogP contribution in [0.25, 0.3) is 16.6 Å². The van der Waals surface area contributed by atoms with Crippen LogP contribution in [-0.2, 0) is 9.59 Å². The third-order valence-corrected chi connectivity index (χ3v) is 3.42. The molecule has 1 aliphatic heterocycles. The zero-order valence-electron chi connectivity index (χ0n) is 12.2. The van der Waals surface area contributed by atoms with Crippen LogP contribution in [0.5, 0.6) is 0 Å². The Labute approximate surface area is 127 Å². The molecule has 0 saturated heterocycles. The van der Waals surface area contributed by atoms with Gasteiger partial charge in [-0.1, -0.05) is 18.2 Å². The van der Waals surface area contributed by atoms with Crippen molar-refractivity contribution >= 4 is 28.5 Å². The molecule has 1 aromatic heterocycles. The summed E-state index contributed by atoms with van der Waals surface area (Å²) < 4.78 is 2.09. The third kappa shape index (κ3) is 3.70. The first-order valence-corrected chi connectivity index (χ1v) is 6.87. The number of nitrogens with zero attached hydrogens (tertiary/aromatic N) is 2. The molecular weight excluding hydrogens is 286 g/mol. The molecule has 2 heterocycles. The lowest BCUT2D eigenvalue weighted by atomic mass is 10.2. The van der Waals surface area contributed by atoms with E-state index in [2.05, 4.69) is 47.2 Å². The maximum Gasteiger partial charge on any atom is 0.351 e. The number of quaternary nitrogens is 1. The van der Waals surface area contributed by atoms with Crippen LogP contribution in [0.15, 0.2) is 36.5 Å². The first kappa shape index (κ1) is 15.7. The van der Waals surface area contributed by atoms with Crippen LogP contribution in [0.1, 0.15) is 6.42 Å². The van der Waals surface area contributed by atoms with Gasteiger partial charge in [0.15, 0.2) is 5.97 Å². The Morgan fingerprint density at radius 1 is 1.36 bits per heavy atom. The van der Waals surface area contributed by atoms with Gasteiger partial charge in [-0.15, -0.1) is 0 Å². The average molecular weight is 303 g/mol. The molecule has 7 nitrogen and oxygen atoms in total. The standard InChI is InChI=1S/C13H15N3.C2H2O4/c1-15-8-6-12(7-9-15)16-13-5-3-2-4-11(13)10-14-16;3-1(4)2(5)6/h2-6,10H,7-9H2,1H3;(H,3,4)(H,5,6). The van der Waals surface area contributed by atoms with Gasteiger partial charge in [-0.05, 0) is 12.1 Å². The van der Waals surface area contributed by atoms with Crippen molar-refractivity contribution in [1.82, 2.24) is 9.78 Å². The highest BCUT2D eigenvalue weighted by atomic mass is 16.4. The Morgan fingerprint density at radius 3 is 2.64 bits per heavy atom. The van der Waals surface area contributed by atoms with Crippen LogP contribution >= 0.6 is 0 Å². The number of hydrogen-bond donors (Lipinski definition) is 2. The van der Waals surface area contributed by atoms with Gasteiger partial charge in [0.1, 0.15) is 0 Å². The SMILES string of the molecule is C[NH+]1CC=C(n2ncc3ccccc32)CC1.O=C([O-])C(=O)O. The molecule has 7 heteroatoms. The molecule has 1 atom stereocenters. The number of hydrogen-bond acceptors (Lipinski definition) is 4. The molecule has 0 saturated carbocycles. The lowest BCUT2D eigenvalue weighted by molar-refractivity contribution is -0.874. The van der Waals surface area contributed by atoms with Gasteiger partial charge in [-0.3, -0.25) is 0 Å². The van der Waals surface area contributed by atoms with Crippen LogP contribution in [0, 0.1) is 0 Å². The number of aromatic nitrogens is 2. The number of benzene rings is 1. The Bertz CT molecular complexity index is 708. The van der Waals surface area contributed by atoms with Crippen LogP contribution in [0.2, 0.25) is 0 Å². The molecule has 0 bridgehead atoms. The van der Waals surface area contributed by atoms with Crippen molar-refractivity contribution in [3.05, 3.63) is 36.5 Å². The highest BCUT2D eigenvalue weighted by Gasteiger charge is 2.14. The molecule has 0 spiro atoms. The lowest BCUT2D eigenvalue weighted by Crippen LogP contribution is -3.09. The molecule has 0 aliphatic carbocycles. The third-order valence-electron chi connectivity index (χ3n) is 3.42. The quantitative estimate of drug-likeness (QED) is 0.632. The summed E-state index contributed by atoms with van der Waals surface area (Å²) in [4.78, 5) is 19.6. The zero-order chi connectivity index (χ0) is 16.1. The van der Waals surface area contributed by atoms with Gasteiger partial charge in [0.25, 0.3) is 0 Å². The minimum Gasteiger partial charge on any atom is -0.539 e. The van der Waals surface area contributed by atoms with E-state index < -0.39 is 11.9 Å². The van der Waals surface area contributed by atoms with Crippen LogP contribution < -0.4 is 10.0 Å². The molecule has 22 heavy (non-hydrogen) atoms. The number of aliphatic carboxylic acids is 2. The summed E-state index contributed by atoms with van der Waals surface area (Å²) in [7, 11) is 2.23. The fraction of sp³-hybridized carbons (Fsp3) is 0.267. The Hall–Kier alpha value is -2.67. The first-order chi connectivity index (χ1) is 10.5. The number of carbonyl (C=O) groups excluding carboxylic acids is 1. The number of nitrogens with one attached hydrogen (secondary N) is 1. The monoisotopic (exact) mass is 303 g/mol. The van der Waals surface area contributed by atoms with E-state index in [0.29, 0.717) is 0 Å². The topological polar surface area (TPSA) is 99.7 Å². The van der Waals surface area contributed by atoms with Crippen LogP contribution in [0.3, 0.4) is 0 Å². The summed E-state index contributed by atoms with van der Waals surface area (Å²) in [5.74, 6) is -4.01. The number of carboxylic acids is 2. The molecule has 116 valence electrons. The number of rotatable bonds is 1. The zero-order valence-corrected chi connectivity index (χ0v) is 12.2. The highest BCUT2D eigenvalue weighted by Crippen LogP contribution is 2.18. The molecule has 3 rings (SSSR count). The van der Waals surface area contributed by atoms with Gasteiger partial charge < -0.3 is 19.9 Å². The average Bonchev–Trinajstić information content (AvgIpc) is 2.92. The molecule has 2 aromatic rings. The smallest absolute Gasteiger partial charge is 0.351 e. The van der Waals surface area contributed by atoms with E-state index in [4.69, 9.17) is 19.8 Å². The van der Waals surface area contributed by atoms with E-state index in [9.17, 15) is 0 Å². The van der Waals surface area contributed by atoms with Crippen molar-refractivity contribution in [1.29, 1.82) is 0 Å². The highest BCUT2D eigenvalue weighted by molar-refractivity contribution is 6.26. The second-order valence-electron chi connectivity index (χ2n) is 5.06. The van der Waals surface area contributed by atoms with Gasteiger partial charge >= 0.3 is 5.97 Å². The van der Waals surface area contributed by atoms with Gasteiger partial charge in [0, 0.05) is 17.5 Å². The van der Waals surface area contributed by atoms with Gasteiger partial charge in [0.05, 0.1) is 31.9 Å². The number of likely N-dealkylation sites (N-methyl/N-ethyl adjacent to an activating group) is 1. The predicted molar refractivity (Wildman–Crippen MR) is 77.9 cm³/mol. The molecular formula is C15H17N3O4. The van der Waals surface area contributed by atoms with E-state index in [-0.39, 0.29) is 0 Å². The number of carboxylic acid groups (broad SMARTS) is 2. The maximum atomic E-state index is 9.04. The summed E-state index contributed by atoms with van der Waals surface area (Å²) in [5.41, 5.74) is 2.56. The van der Waals surface area contributed by atoms with Crippen molar-refractivity contribution in [2.24, 2.45) is 0 Å². The van der Waals surface area contributed by atoms with E-state index in [1.54, 1.807) is 4.90 Å². The molecule has 1 unspecified atom stereocenters. The van der Waals surface area contributed by atoms with Gasteiger partial charge in [-0.2, -0.15) is 5.10 Å². The fourth-order valence-electron chi connectivity index (χ4n) is 2.23. The first-order valence-electron chi connectivity index (χ1n) is 6.87. The second-order valence-corrected chi connectivity index (χ2v) is 5.06. The molecule has 0 fully saturated rings. The summed E-state index contributed by atoms with van der Waals surface area (Å²) >= 11 is 0. The molecule has 1 aromatic carbocycles. The van der Waals surface area contributed by atoms with E-state index in [0.717, 1.165) is 13.0 Å². The van der Waals surface area contributed by atoms with Crippen molar-refractivity contribution in [2.45, 2.75) is 6.42 Å². The van der Waals surface area contributed by atoms with E-state index in [1.165, 1.54) is 23.1 Å². The normalized spacial score (nSPS) is 17.3. The van der Waals surface area contributed by atoms with Gasteiger partial charge in [0.2, 0.25) is 0 Å². The summed E-state index contributed by atoms with van der Waals surface area (Å²) in [6.07, 6.45) is 5.36. The number of carbonyl (C=O) groups is 2. The Kier molecular flexibility index (Phi) is 4.90. The summed E-state index contributed by atoms with van der Waals surface area (Å²) in [6, 6.07) is 8.37. The van der Waals surface area contributed by atoms with Crippen LogP contribution in [-0.4, -0.2) is 47.0 Å². The number of para-hydroxylation sites is 1. The minimum atomic E-state index is -2.07. The van der Waals surface area contributed by atoms with Crippen molar-refractivity contribution in [3.63, 3.8) is 0 Å². The van der Waals surface area contributed by atoms with Gasteiger partial charge in [-0.25, -0.2) is 9.48 Å². The Balaban J connectivity index is 0.000000254. The minimum absolute atomic E-state index is 1.10. The fourth-order valence-corrected chi connectivity index (χ4v) is 2.23. The summed E-state index contributed by atoms with van der Waals surface area (Å²) in [6.45, 7) is 2.30. The van der Waals surface area contributed by atoms with Crippen molar-refractivity contribution in [3.8, 4) is 0 Å². The van der Waals surface area contributed by atoms with E-state index in [1.807, 2.05) is 6.20 Å². The molecule has 1 aliphatic rings. The predicted octanol–water partition coefficient (Wildman–Crippen LogP) is -1.38. The van der Waals surface area contributed by atoms with E-state index >= 15 is 0 Å². The lowest BCUT2D eigenvalue weighted by Gasteiger charge is -2.19. The van der Waals surface area contributed by atoms with Crippen molar-refractivity contribution < 1.29 is 24.7 Å². The molecule has 0 amide bonds. The number of fused-ring (bicyclic) bond motifs is 1. The second kappa shape index (κ2) is 6.86. The largest absolute Gasteiger partial charge is 0.539 e. The molecule has 0 radical (unpaired) electrons. The van der Waals surface area contributed by atoms with Crippen LogP contribution in [0.4, 0.5) is 0 Å². The maximum absolute atomic E-state index is 9.04. The summed E-state index contributed by atoms with van der Waals surface area (Å²) in [5, 5.41) is 22.0. The Morgan fingerprint density at radius 2 is 2.05 bits per heavy atom.